The molecule has 1 aliphatic heterocycles. The van der Waals surface area contributed by atoms with E-state index >= 15 is 0 Å². The molecule has 22 heavy (non-hydrogen) atoms. The van der Waals surface area contributed by atoms with Crippen LogP contribution < -0.4 is 0 Å². The van der Waals surface area contributed by atoms with Crippen LogP contribution in [-0.2, 0) is 4.74 Å². The van der Waals surface area contributed by atoms with E-state index in [9.17, 15) is 4.79 Å². The van der Waals surface area contributed by atoms with E-state index in [-0.39, 0.29) is 17.3 Å². The Hall–Kier alpha value is -1.57. The number of Topliss-reactive ketones (excluding diaryl/α,β-unsaturated/α-hetero) is 1. The minimum Gasteiger partial charge on any atom is -0.486 e. The van der Waals surface area contributed by atoms with Crippen molar-refractivity contribution < 1.29 is 9.53 Å². The van der Waals surface area contributed by atoms with Gasteiger partial charge in [-0.2, -0.15) is 0 Å². The summed E-state index contributed by atoms with van der Waals surface area (Å²) in [6, 6.07) is 9.60. The summed E-state index contributed by atoms with van der Waals surface area (Å²) in [4.78, 5) is 13.0. The number of carbonyl (C=O) groups is 1. The highest BCUT2D eigenvalue weighted by molar-refractivity contribution is 5.99. The molecule has 1 aliphatic carbocycles. The maximum atomic E-state index is 13.0. The smallest absolute Gasteiger partial charge is 0.203 e. The molecule has 118 valence electrons. The molecule has 3 rings (SSSR count). The van der Waals surface area contributed by atoms with Crippen LogP contribution in [0.2, 0.25) is 0 Å². The lowest BCUT2D eigenvalue weighted by Gasteiger charge is -2.42. The molecule has 0 N–H and O–H groups in total. The van der Waals surface area contributed by atoms with Crippen molar-refractivity contribution in [1.29, 1.82) is 0 Å². The van der Waals surface area contributed by atoms with Crippen molar-refractivity contribution in [3.63, 3.8) is 0 Å². The van der Waals surface area contributed by atoms with Gasteiger partial charge in [0.2, 0.25) is 5.78 Å². The molecule has 2 aliphatic rings. The summed E-state index contributed by atoms with van der Waals surface area (Å²) in [5, 5.41) is 0. The second-order valence-electron chi connectivity index (χ2n) is 7.66. The molecule has 0 aromatic heterocycles. The van der Waals surface area contributed by atoms with Gasteiger partial charge < -0.3 is 4.74 Å². The molecule has 0 amide bonds. The van der Waals surface area contributed by atoms with E-state index in [0.29, 0.717) is 11.8 Å². The van der Waals surface area contributed by atoms with Crippen LogP contribution in [0.3, 0.4) is 0 Å². The van der Waals surface area contributed by atoms with Crippen molar-refractivity contribution in [2.24, 2.45) is 17.3 Å². The Bertz CT molecular complexity index is 565. The minimum atomic E-state index is -0.313. The fourth-order valence-electron chi connectivity index (χ4n) is 3.67. The van der Waals surface area contributed by atoms with Crippen LogP contribution in [0, 0.1) is 17.3 Å². The number of rotatable bonds is 2. The van der Waals surface area contributed by atoms with Crippen molar-refractivity contribution in [1.82, 2.24) is 0 Å². The first-order chi connectivity index (χ1) is 10.5. The van der Waals surface area contributed by atoms with Gasteiger partial charge >= 0.3 is 0 Å². The lowest BCUT2D eigenvalue weighted by molar-refractivity contribution is -0.00465. The van der Waals surface area contributed by atoms with E-state index in [1.807, 2.05) is 30.3 Å². The van der Waals surface area contributed by atoms with Gasteiger partial charge in [-0.3, -0.25) is 4.79 Å². The zero-order valence-electron chi connectivity index (χ0n) is 13.8. The molecule has 2 nitrogen and oxygen atoms in total. The van der Waals surface area contributed by atoms with Crippen molar-refractivity contribution in [3.8, 4) is 0 Å². The van der Waals surface area contributed by atoms with Crippen LogP contribution in [0.4, 0.5) is 0 Å². The monoisotopic (exact) mass is 298 g/mol. The van der Waals surface area contributed by atoms with E-state index in [4.69, 9.17) is 4.74 Å². The predicted molar refractivity (Wildman–Crippen MR) is 88.6 cm³/mol. The molecular formula is C20H26O2. The van der Waals surface area contributed by atoms with Gasteiger partial charge in [-0.25, -0.2) is 0 Å². The first-order valence-electron chi connectivity index (χ1n) is 8.45. The molecule has 1 aromatic rings. The van der Waals surface area contributed by atoms with E-state index in [2.05, 4.69) is 26.8 Å². The molecule has 0 radical (unpaired) electrons. The van der Waals surface area contributed by atoms with Gasteiger partial charge in [0.25, 0.3) is 0 Å². The third kappa shape index (κ3) is 2.97. The largest absolute Gasteiger partial charge is 0.486 e. The first kappa shape index (κ1) is 15.3. The number of ether oxygens (including phenoxy) is 1. The summed E-state index contributed by atoms with van der Waals surface area (Å²) in [6.07, 6.45) is 6.75. The number of hydrogen-bond donors (Lipinski definition) is 0. The van der Waals surface area contributed by atoms with Crippen molar-refractivity contribution in [2.75, 3.05) is 0 Å². The topological polar surface area (TPSA) is 26.3 Å². The fourth-order valence-corrected chi connectivity index (χ4v) is 3.67. The van der Waals surface area contributed by atoms with Crippen LogP contribution in [0.1, 0.15) is 56.8 Å². The highest BCUT2D eigenvalue weighted by Gasteiger charge is 2.42. The molecule has 3 atom stereocenters. The fraction of sp³-hybridized carbons (Fsp3) is 0.550. The third-order valence-electron chi connectivity index (χ3n) is 4.94. The molecule has 0 saturated heterocycles. The van der Waals surface area contributed by atoms with Gasteiger partial charge in [-0.05, 0) is 24.8 Å². The van der Waals surface area contributed by atoms with Gasteiger partial charge in [0, 0.05) is 16.9 Å². The van der Waals surface area contributed by atoms with Gasteiger partial charge in [-0.1, -0.05) is 63.9 Å². The Morgan fingerprint density at radius 3 is 2.45 bits per heavy atom. The Morgan fingerprint density at radius 2 is 1.77 bits per heavy atom. The summed E-state index contributed by atoms with van der Waals surface area (Å²) in [7, 11) is 0. The maximum absolute atomic E-state index is 13.0. The molecule has 0 bridgehead atoms. The lowest BCUT2D eigenvalue weighted by Crippen LogP contribution is -2.42. The standard InChI is InChI=1S/C20H26O2/c1-20(2,3)17-13-15-11-7-8-12-16(15)19(22-17)18(21)14-9-5-4-6-10-14/h4-6,9-10,13,15-16,19H,7-8,11-12H2,1-3H3/t15-,16+,19+/m0/s1. The quantitative estimate of drug-likeness (QED) is 0.718. The predicted octanol–water partition coefficient (Wildman–Crippen LogP) is 5.00. The van der Waals surface area contributed by atoms with Gasteiger partial charge in [-0.15, -0.1) is 0 Å². The zero-order chi connectivity index (χ0) is 15.7. The van der Waals surface area contributed by atoms with Crippen molar-refractivity contribution >= 4 is 5.78 Å². The number of allylic oxidation sites excluding steroid dienone is 2. The van der Waals surface area contributed by atoms with Crippen molar-refractivity contribution in [2.45, 2.75) is 52.6 Å². The minimum absolute atomic E-state index is 0.0440. The number of ketones is 1. The number of fused-ring (bicyclic) bond motifs is 1. The molecule has 1 heterocycles. The van der Waals surface area contributed by atoms with E-state index in [1.54, 1.807) is 0 Å². The summed E-state index contributed by atoms with van der Waals surface area (Å²) >= 11 is 0. The zero-order valence-corrected chi connectivity index (χ0v) is 13.8. The Labute approximate surface area is 133 Å². The first-order valence-corrected chi connectivity index (χ1v) is 8.45. The molecular weight excluding hydrogens is 272 g/mol. The molecule has 2 heteroatoms. The van der Waals surface area contributed by atoms with Crippen molar-refractivity contribution in [3.05, 3.63) is 47.7 Å². The molecule has 0 spiro atoms. The maximum Gasteiger partial charge on any atom is 0.203 e. The van der Waals surface area contributed by atoms with E-state index < -0.39 is 0 Å². The van der Waals surface area contributed by atoms with E-state index in [0.717, 1.165) is 17.7 Å². The number of hydrogen-bond acceptors (Lipinski definition) is 2. The van der Waals surface area contributed by atoms with E-state index in [1.165, 1.54) is 19.3 Å². The van der Waals surface area contributed by atoms with Crippen LogP contribution in [0.15, 0.2) is 42.2 Å². The number of benzene rings is 1. The van der Waals surface area contributed by atoms with Gasteiger partial charge in [0.05, 0.1) is 5.76 Å². The van der Waals surface area contributed by atoms with Crippen LogP contribution in [0.5, 0.6) is 0 Å². The van der Waals surface area contributed by atoms with Crippen LogP contribution in [0.25, 0.3) is 0 Å². The number of carbonyl (C=O) groups excluding carboxylic acids is 1. The SMILES string of the molecule is CC(C)(C)C1=C[C@@H]2CCCC[C@H]2[C@H](C(=O)c2ccccc2)O1. The lowest BCUT2D eigenvalue weighted by atomic mass is 9.71. The Morgan fingerprint density at radius 1 is 1.09 bits per heavy atom. The second kappa shape index (κ2) is 5.91. The Kier molecular flexibility index (Phi) is 4.12. The molecule has 1 fully saturated rings. The summed E-state index contributed by atoms with van der Waals surface area (Å²) in [5.41, 5.74) is 0.726. The average molecular weight is 298 g/mol. The summed E-state index contributed by atoms with van der Waals surface area (Å²) in [5.74, 6) is 1.97. The normalized spacial score (nSPS) is 28.3. The van der Waals surface area contributed by atoms with Crippen LogP contribution >= 0.6 is 0 Å². The molecule has 1 aromatic carbocycles. The van der Waals surface area contributed by atoms with Gasteiger partial charge in [0.1, 0.15) is 0 Å². The average Bonchev–Trinajstić information content (AvgIpc) is 2.53. The highest BCUT2D eigenvalue weighted by atomic mass is 16.5. The molecule has 1 saturated carbocycles. The second-order valence-corrected chi connectivity index (χ2v) is 7.66. The summed E-state index contributed by atoms with van der Waals surface area (Å²) in [6.45, 7) is 6.48. The van der Waals surface area contributed by atoms with Crippen LogP contribution in [-0.4, -0.2) is 11.9 Å². The Balaban J connectivity index is 1.92. The molecule has 0 unspecified atom stereocenters. The summed E-state index contributed by atoms with van der Waals surface area (Å²) < 4.78 is 6.25. The van der Waals surface area contributed by atoms with Gasteiger partial charge in [0.15, 0.2) is 6.10 Å². The third-order valence-corrected chi connectivity index (χ3v) is 4.94. The highest BCUT2D eigenvalue weighted by Crippen LogP contribution is 2.43.